The molecule has 0 aromatic heterocycles. The number of hydrogen-bond acceptors (Lipinski definition) is 3. The van der Waals surface area contributed by atoms with Crippen molar-refractivity contribution >= 4 is 41.0 Å². The van der Waals surface area contributed by atoms with E-state index in [0.717, 1.165) is 16.0 Å². The summed E-state index contributed by atoms with van der Waals surface area (Å²) in [4.78, 5) is 30.8. The van der Waals surface area contributed by atoms with Crippen LogP contribution in [0.3, 0.4) is 0 Å². The molecule has 0 spiro atoms. The third kappa shape index (κ3) is 3.15. The molecule has 2 aromatic carbocycles. The van der Waals surface area contributed by atoms with E-state index in [-0.39, 0.29) is 23.2 Å². The highest BCUT2D eigenvalue weighted by molar-refractivity contribution is 8.03. The lowest BCUT2D eigenvalue weighted by atomic mass is 9.95. The molecule has 4 rings (SSSR count). The van der Waals surface area contributed by atoms with Gasteiger partial charge in [0.15, 0.2) is 0 Å². The number of benzene rings is 2. The second-order valence-electron chi connectivity index (χ2n) is 6.77. The Bertz CT molecular complexity index is 944. The Balaban J connectivity index is 1.75. The summed E-state index contributed by atoms with van der Waals surface area (Å²) in [5, 5.41) is 0.415. The summed E-state index contributed by atoms with van der Waals surface area (Å²) in [6, 6.07) is 16.3. The number of nitrogens with zero attached hydrogens (tertiary/aromatic N) is 2. The molecule has 27 heavy (non-hydrogen) atoms. The number of halogens is 1. The SMILES string of the molecule is CC1=C(C)C2C(=O)N(c3ccccc3)C(=O)N(Cc3cccc(Cl)c3)C2S1. The lowest BCUT2D eigenvalue weighted by molar-refractivity contribution is -0.122. The first kappa shape index (κ1) is 18.1. The second-order valence-corrected chi connectivity index (χ2v) is 8.54. The molecule has 4 nitrogen and oxygen atoms in total. The van der Waals surface area contributed by atoms with Crippen LogP contribution >= 0.6 is 23.4 Å². The zero-order valence-electron chi connectivity index (χ0n) is 15.1. The van der Waals surface area contributed by atoms with E-state index in [4.69, 9.17) is 11.6 Å². The molecular formula is C21H19ClN2O2S. The summed E-state index contributed by atoms with van der Waals surface area (Å²) < 4.78 is 0. The molecule has 3 amide bonds. The number of amides is 3. The normalized spacial score (nSPS) is 22.5. The molecule has 2 heterocycles. The fraction of sp³-hybridized carbons (Fsp3) is 0.238. The minimum atomic E-state index is -0.327. The number of hydrogen-bond donors (Lipinski definition) is 0. The second kappa shape index (κ2) is 7.06. The molecule has 2 atom stereocenters. The van der Waals surface area contributed by atoms with Crippen molar-refractivity contribution in [3.05, 3.63) is 75.7 Å². The molecule has 2 aliphatic heterocycles. The van der Waals surface area contributed by atoms with E-state index < -0.39 is 0 Å². The third-order valence-electron chi connectivity index (χ3n) is 5.09. The summed E-state index contributed by atoms with van der Waals surface area (Å²) in [5.74, 6) is -0.479. The number of allylic oxidation sites excluding steroid dienone is 1. The Labute approximate surface area is 167 Å². The van der Waals surface area contributed by atoms with Crippen molar-refractivity contribution in [3.8, 4) is 0 Å². The van der Waals surface area contributed by atoms with Gasteiger partial charge in [0.2, 0.25) is 5.91 Å². The van der Waals surface area contributed by atoms with Gasteiger partial charge in [-0.25, -0.2) is 9.69 Å². The summed E-state index contributed by atoms with van der Waals surface area (Å²) in [7, 11) is 0. The van der Waals surface area contributed by atoms with Gasteiger partial charge in [0.1, 0.15) is 0 Å². The van der Waals surface area contributed by atoms with Crippen molar-refractivity contribution < 1.29 is 9.59 Å². The van der Waals surface area contributed by atoms with E-state index in [1.165, 1.54) is 4.90 Å². The summed E-state index contributed by atoms with van der Waals surface area (Å²) in [5.41, 5.74) is 2.59. The molecule has 1 fully saturated rings. The molecule has 0 N–H and O–H groups in total. The minimum absolute atomic E-state index is 0.152. The predicted molar refractivity (Wildman–Crippen MR) is 110 cm³/mol. The number of rotatable bonds is 3. The van der Waals surface area contributed by atoms with Gasteiger partial charge in [-0.3, -0.25) is 4.79 Å². The van der Waals surface area contributed by atoms with Crippen LogP contribution in [0.1, 0.15) is 19.4 Å². The zero-order chi connectivity index (χ0) is 19.1. The quantitative estimate of drug-likeness (QED) is 0.705. The van der Waals surface area contributed by atoms with Crippen LogP contribution in [0.5, 0.6) is 0 Å². The first-order valence-electron chi connectivity index (χ1n) is 8.75. The highest BCUT2D eigenvalue weighted by atomic mass is 35.5. The van der Waals surface area contributed by atoms with E-state index in [1.807, 2.05) is 56.3 Å². The average Bonchev–Trinajstić information content (AvgIpc) is 2.95. The zero-order valence-corrected chi connectivity index (χ0v) is 16.6. The van der Waals surface area contributed by atoms with Gasteiger partial charge in [0.05, 0.1) is 17.0 Å². The molecule has 2 unspecified atom stereocenters. The first-order chi connectivity index (χ1) is 13.0. The molecule has 0 bridgehead atoms. The van der Waals surface area contributed by atoms with Crippen LogP contribution in [0.25, 0.3) is 0 Å². The standard InChI is InChI=1S/C21H19ClN2O2S/c1-13-14(2)27-20-18(13)19(25)24(17-9-4-3-5-10-17)21(26)23(20)12-15-7-6-8-16(22)11-15/h3-11,18,20H,12H2,1-2H3. The molecule has 0 aliphatic carbocycles. The van der Waals surface area contributed by atoms with Crippen LogP contribution in [0.2, 0.25) is 5.02 Å². The average molecular weight is 399 g/mol. The summed E-state index contributed by atoms with van der Waals surface area (Å²) in [6.07, 6.45) is 0. The topological polar surface area (TPSA) is 40.6 Å². The van der Waals surface area contributed by atoms with Gasteiger partial charge in [-0.05, 0) is 54.2 Å². The van der Waals surface area contributed by atoms with Crippen molar-refractivity contribution in [1.29, 1.82) is 0 Å². The fourth-order valence-corrected chi connectivity index (χ4v) is 5.24. The number of carbonyl (C=O) groups is 2. The number of fused-ring (bicyclic) bond motifs is 1. The molecule has 138 valence electrons. The predicted octanol–water partition coefficient (Wildman–Crippen LogP) is 5.29. The van der Waals surface area contributed by atoms with Gasteiger partial charge in [0, 0.05) is 11.6 Å². The van der Waals surface area contributed by atoms with Gasteiger partial charge >= 0.3 is 6.03 Å². The largest absolute Gasteiger partial charge is 0.332 e. The minimum Gasteiger partial charge on any atom is -0.306 e. The molecule has 0 radical (unpaired) electrons. The van der Waals surface area contributed by atoms with E-state index >= 15 is 0 Å². The van der Waals surface area contributed by atoms with Crippen LogP contribution in [0.15, 0.2) is 65.1 Å². The van der Waals surface area contributed by atoms with E-state index in [0.29, 0.717) is 17.3 Å². The number of urea groups is 1. The number of anilines is 1. The van der Waals surface area contributed by atoms with Crippen LogP contribution in [0, 0.1) is 5.92 Å². The number of carbonyl (C=O) groups excluding carboxylic acids is 2. The van der Waals surface area contributed by atoms with Crippen molar-refractivity contribution in [3.63, 3.8) is 0 Å². The molecule has 0 saturated carbocycles. The van der Waals surface area contributed by atoms with Crippen LogP contribution in [-0.2, 0) is 11.3 Å². The van der Waals surface area contributed by atoms with Crippen LogP contribution in [0.4, 0.5) is 10.5 Å². The van der Waals surface area contributed by atoms with E-state index in [1.54, 1.807) is 28.8 Å². The van der Waals surface area contributed by atoms with Gasteiger partial charge < -0.3 is 4.90 Å². The Morgan fingerprint density at radius 3 is 2.48 bits per heavy atom. The maximum Gasteiger partial charge on any atom is 0.332 e. The summed E-state index contributed by atoms with van der Waals surface area (Å²) in [6.45, 7) is 4.41. The Morgan fingerprint density at radius 1 is 1.04 bits per heavy atom. The Hall–Kier alpha value is -2.24. The van der Waals surface area contributed by atoms with Gasteiger partial charge in [-0.2, -0.15) is 0 Å². The Morgan fingerprint density at radius 2 is 1.78 bits per heavy atom. The fourth-order valence-electron chi connectivity index (χ4n) is 3.60. The highest BCUT2D eigenvalue weighted by Gasteiger charge is 2.51. The molecule has 2 aliphatic rings. The van der Waals surface area contributed by atoms with Crippen molar-refractivity contribution in [2.75, 3.05) is 4.90 Å². The first-order valence-corrected chi connectivity index (χ1v) is 10.0. The van der Waals surface area contributed by atoms with E-state index in [9.17, 15) is 9.59 Å². The van der Waals surface area contributed by atoms with Crippen molar-refractivity contribution in [2.45, 2.75) is 25.8 Å². The molecule has 1 saturated heterocycles. The smallest absolute Gasteiger partial charge is 0.306 e. The molecular weight excluding hydrogens is 380 g/mol. The van der Waals surface area contributed by atoms with Gasteiger partial charge in [0.25, 0.3) is 0 Å². The number of thioether (sulfide) groups is 1. The molecule has 6 heteroatoms. The lowest BCUT2D eigenvalue weighted by Gasteiger charge is -2.42. The van der Waals surface area contributed by atoms with Gasteiger partial charge in [-0.1, -0.05) is 41.9 Å². The van der Waals surface area contributed by atoms with Crippen LogP contribution in [-0.4, -0.2) is 22.2 Å². The van der Waals surface area contributed by atoms with Crippen molar-refractivity contribution in [1.82, 2.24) is 4.90 Å². The maximum absolute atomic E-state index is 13.3. The third-order valence-corrected chi connectivity index (χ3v) is 6.77. The number of imide groups is 1. The van der Waals surface area contributed by atoms with Crippen molar-refractivity contribution in [2.24, 2.45) is 5.92 Å². The summed E-state index contributed by atoms with van der Waals surface area (Å²) >= 11 is 7.72. The number of para-hydroxylation sites is 1. The van der Waals surface area contributed by atoms with Crippen LogP contribution < -0.4 is 4.90 Å². The van der Waals surface area contributed by atoms with E-state index in [2.05, 4.69) is 0 Å². The maximum atomic E-state index is 13.3. The molecule has 2 aromatic rings. The van der Waals surface area contributed by atoms with Gasteiger partial charge in [-0.15, -0.1) is 11.8 Å². The Kier molecular flexibility index (Phi) is 4.74. The lowest BCUT2D eigenvalue weighted by Crippen LogP contribution is -2.59. The highest BCUT2D eigenvalue weighted by Crippen LogP contribution is 2.47. The monoisotopic (exact) mass is 398 g/mol.